The lowest BCUT2D eigenvalue weighted by Gasteiger charge is -2.28. The second-order valence-corrected chi connectivity index (χ2v) is 7.80. The lowest BCUT2D eigenvalue weighted by Crippen LogP contribution is -2.36. The van der Waals surface area contributed by atoms with Gasteiger partial charge in [-0.05, 0) is 75.4 Å². The second-order valence-electron chi connectivity index (χ2n) is 7.80. The molecule has 3 aromatic rings. The van der Waals surface area contributed by atoms with Crippen molar-refractivity contribution in [2.45, 2.75) is 20.8 Å². The molecular formula is C26H29N3O3. The van der Waals surface area contributed by atoms with Crippen LogP contribution in [-0.2, 0) is 9.47 Å². The highest BCUT2D eigenvalue weighted by Crippen LogP contribution is 2.23. The van der Waals surface area contributed by atoms with Gasteiger partial charge >= 0.3 is 5.97 Å². The first-order chi connectivity index (χ1) is 15.6. The molecular weight excluding hydrogens is 402 g/mol. The van der Waals surface area contributed by atoms with Crippen molar-refractivity contribution in [1.29, 1.82) is 0 Å². The van der Waals surface area contributed by atoms with Gasteiger partial charge in [0.15, 0.2) is 0 Å². The summed E-state index contributed by atoms with van der Waals surface area (Å²) in [5.74, 6) is -0.299. The van der Waals surface area contributed by atoms with Crippen molar-refractivity contribution >= 4 is 23.6 Å². The van der Waals surface area contributed by atoms with Crippen LogP contribution in [0.3, 0.4) is 0 Å². The number of hydrogen-bond acceptors (Lipinski definition) is 5. The standard InChI is InChI=1S/C26H29N3O3/c1-4-32-26(30)21-5-9-25(10-6-21)29-19(2)17-22(20(29)3)18-27-23-7-11-24(12-8-23)28-13-15-31-16-14-28/h5-12,17-18H,4,13-16H2,1-3H3. The van der Waals surface area contributed by atoms with Gasteiger partial charge in [-0.15, -0.1) is 0 Å². The number of nitrogens with zero attached hydrogens (tertiary/aromatic N) is 3. The van der Waals surface area contributed by atoms with Gasteiger partial charge in [-0.1, -0.05) is 0 Å². The van der Waals surface area contributed by atoms with Crippen LogP contribution in [0.1, 0.15) is 34.2 Å². The van der Waals surface area contributed by atoms with Crippen LogP contribution < -0.4 is 4.90 Å². The number of morpholine rings is 1. The predicted molar refractivity (Wildman–Crippen MR) is 128 cm³/mol. The third-order valence-corrected chi connectivity index (χ3v) is 5.69. The van der Waals surface area contributed by atoms with Gasteiger partial charge in [-0.25, -0.2) is 4.79 Å². The van der Waals surface area contributed by atoms with Crippen LogP contribution in [0.4, 0.5) is 11.4 Å². The number of aromatic nitrogens is 1. The molecule has 2 aromatic carbocycles. The fraction of sp³-hybridized carbons (Fsp3) is 0.308. The highest BCUT2D eigenvalue weighted by molar-refractivity contribution is 5.89. The van der Waals surface area contributed by atoms with Crippen LogP contribution in [0.5, 0.6) is 0 Å². The third kappa shape index (κ3) is 4.75. The van der Waals surface area contributed by atoms with Gasteiger partial charge < -0.3 is 18.9 Å². The highest BCUT2D eigenvalue weighted by atomic mass is 16.5. The minimum Gasteiger partial charge on any atom is -0.462 e. The van der Waals surface area contributed by atoms with E-state index in [2.05, 4.69) is 58.6 Å². The summed E-state index contributed by atoms with van der Waals surface area (Å²) < 4.78 is 12.7. The summed E-state index contributed by atoms with van der Waals surface area (Å²) in [5.41, 5.74) is 6.95. The Morgan fingerprint density at radius 3 is 2.34 bits per heavy atom. The molecule has 1 aliphatic rings. The van der Waals surface area contributed by atoms with E-state index in [1.54, 1.807) is 19.1 Å². The molecule has 0 atom stereocenters. The number of carbonyl (C=O) groups is 1. The fourth-order valence-electron chi connectivity index (χ4n) is 3.99. The lowest BCUT2D eigenvalue weighted by atomic mass is 10.2. The van der Waals surface area contributed by atoms with Gasteiger partial charge in [0.1, 0.15) is 0 Å². The molecule has 32 heavy (non-hydrogen) atoms. The van der Waals surface area contributed by atoms with E-state index in [-0.39, 0.29) is 5.97 Å². The van der Waals surface area contributed by atoms with Gasteiger partial charge in [-0.3, -0.25) is 4.99 Å². The monoisotopic (exact) mass is 431 g/mol. The van der Waals surface area contributed by atoms with Crippen LogP contribution >= 0.6 is 0 Å². The molecule has 0 radical (unpaired) electrons. The van der Waals surface area contributed by atoms with Crippen LogP contribution in [0.25, 0.3) is 5.69 Å². The normalized spacial score (nSPS) is 14.2. The Bertz CT molecular complexity index is 1090. The number of aliphatic imine (C=N–C) groups is 1. The van der Waals surface area contributed by atoms with Crippen molar-refractivity contribution in [2.75, 3.05) is 37.8 Å². The van der Waals surface area contributed by atoms with E-state index >= 15 is 0 Å². The van der Waals surface area contributed by atoms with Crippen molar-refractivity contribution in [3.8, 4) is 5.69 Å². The van der Waals surface area contributed by atoms with E-state index in [1.807, 2.05) is 18.3 Å². The van der Waals surface area contributed by atoms with E-state index in [9.17, 15) is 4.79 Å². The van der Waals surface area contributed by atoms with Crippen molar-refractivity contribution in [1.82, 2.24) is 4.57 Å². The second kappa shape index (κ2) is 9.83. The summed E-state index contributed by atoms with van der Waals surface area (Å²) in [7, 11) is 0. The molecule has 0 aliphatic carbocycles. The molecule has 1 fully saturated rings. The Labute approximate surface area is 189 Å². The minimum absolute atomic E-state index is 0.299. The summed E-state index contributed by atoms with van der Waals surface area (Å²) in [6, 6.07) is 17.9. The Kier molecular flexibility index (Phi) is 6.71. The first-order valence-electron chi connectivity index (χ1n) is 11.0. The topological polar surface area (TPSA) is 56.1 Å². The van der Waals surface area contributed by atoms with Crippen molar-refractivity contribution in [3.63, 3.8) is 0 Å². The van der Waals surface area contributed by atoms with Gasteiger partial charge in [0, 0.05) is 47.6 Å². The quantitative estimate of drug-likeness (QED) is 0.413. The van der Waals surface area contributed by atoms with E-state index in [0.29, 0.717) is 12.2 Å². The summed E-state index contributed by atoms with van der Waals surface area (Å²) >= 11 is 0. The molecule has 2 heterocycles. The number of esters is 1. The van der Waals surface area contributed by atoms with Crippen molar-refractivity contribution < 1.29 is 14.3 Å². The first-order valence-corrected chi connectivity index (χ1v) is 11.0. The predicted octanol–water partition coefficient (Wildman–Crippen LogP) is 4.86. The van der Waals surface area contributed by atoms with Gasteiger partial charge in [0.25, 0.3) is 0 Å². The van der Waals surface area contributed by atoms with Gasteiger partial charge in [0.2, 0.25) is 0 Å². The van der Waals surface area contributed by atoms with Crippen LogP contribution in [0, 0.1) is 13.8 Å². The Hall–Kier alpha value is -3.38. The molecule has 0 N–H and O–H groups in total. The molecule has 0 bridgehead atoms. The maximum absolute atomic E-state index is 11.9. The SMILES string of the molecule is CCOC(=O)c1ccc(-n2c(C)cc(C=Nc3ccc(N4CCOCC4)cc3)c2C)cc1. The molecule has 4 rings (SSSR count). The largest absolute Gasteiger partial charge is 0.462 e. The Morgan fingerprint density at radius 2 is 1.69 bits per heavy atom. The van der Waals surface area contributed by atoms with Gasteiger partial charge in [0.05, 0.1) is 31.1 Å². The van der Waals surface area contributed by atoms with Gasteiger partial charge in [-0.2, -0.15) is 0 Å². The summed E-state index contributed by atoms with van der Waals surface area (Å²) in [6.45, 7) is 9.73. The zero-order chi connectivity index (χ0) is 22.5. The molecule has 0 unspecified atom stereocenters. The third-order valence-electron chi connectivity index (χ3n) is 5.69. The molecule has 1 aliphatic heterocycles. The maximum atomic E-state index is 11.9. The summed E-state index contributed by atoms with van der Waals surface area (Å²) in [6.07, 6.45) is 1.91. The number of anilines is 1. The average Bonchev–Trinajstić information content (AvgIpc) is 3.11. The molecule has 0 amide bonds. The highest BCUT2D eigenvalue weighted by Gasteiger charge is 2.12. The zero-order valence-corrected chi connectivity index (χ0v) is 18.9. The molecule has 6 heteroatoms. The molecule has 0 spiro atoms. The molecule has 1 aromatic heterocycles. The summed E-state index contributed by atoms with van der Waals surface area (Å²) in [5, 5.41) is 0. The van der Waals surface area contributed by atoms with Crippen LogP contribution in [0.15, 0.2) is 59.6 Å². The number of rotatable bonds is 6. The van der Waals surface area contributed by atoms with E-state index in [4.69, 9.17) is 9.47 Å². The smallest absolute Gasteiger partial charge is 0.338 e. The number of hydrogen-bond donors (Lipinski definition) is 0. The van der Waals surface area contributed by atoms with Crippen LogP contribution in [-0.4, -0.2) is 49.7 Å². The number of carbonyl (C=O) groups excluding carboxylic acids is 1. The maximum Gasteiger partial charge on any atom is 0.338 e. The van der Waals surface area contributed by atoms with Crippen LogP contribution in [0.2, 0.25) is 0 Å². The molecule has 6 nitrogen and oxygen atoms in total. The molecule has 0 saturated carbocycles. The Morgan fingerprint density at radius 1 is 1.03 bits per heavy atom. The molecule has 166 valence electrons. The number of ether oxygens (including phenoxy) is 2. The van der Waals surface area contributed by atoms with E-state index < -0.39 is 0 Å². The first kappa shape index (κ1) is 21.8. The lowest BCUT2D eigenvalue weighted by molar-refractivity contribution is 0.0526. The van der Waals surface area contributed by atoms with E-state index in [0.717, 1.165) is 54.6 Å². The van der Waals surface area contributed by atoms with Crippen molar-refractivity contribution in [3.05, 3.63) is 77.1 Å². The Balaban J connectivity index is 1.50. The van der Waals surface area contributed by atoms with E-state index in [1.165, 1.54) is 5.69 Å². The number of benzene rings is 2. The minimum atomic E-state index is -0.299. The van der Waals surface area contributed by atoms with Crippen molar-refractivity contribution in [2.24, 2.45) is 4.99 Å². The average molecular weight is 432 g/mol. The zero-order valence-electron chi connectivity index (χ0n) is 18.9. The number of aryl methyl sites for hydroxylation is 1. The summed E-state index contributed by atoms with van der Waals surface area (Å²) in [4.78, 5) is 18.9. The fourth-order valence-corrected chi connectivity index (χ4v) is 3.99. The molecule has 1 saturated heterocycles.